The fraction of sp³-hybridized carbons (Fsp3) is 0.571. The molecule has 1 unspecified atom stereocenters. The lowest BCUT2D eigenvalue weighted by Crippen LogP contribution is -2.00. The number of hydrogen-bond acceptors (Lipinski definition) is 0. The van der Waals surface area contributed by atoms with Gasteiger partial charge >= 0.3 is 0 Å². The summed E-state index contributed by atoms with van der Waals surface area (Å²) < 4.78 is 0. The quantitative estimate of drug-likeness (QED) is 0.707. The van der Waals surface area contributed by atoms with Crippen molar-refractivity contribution < 1.29 is 0 Å². The first-order valence-corrected chi connectivity index (χ1v) is 7.15. The predicted molar refractivity (Wildman–Crippen MR) is 69.9 cm³/mol. The van der Waals surface area contributed by atoms with E-state index < -0.39 is 0 Å². The lowest BCUT2D eigenvalue weighted by molar-refractivity contribution is 0.675. The number of alkyl halides is 1. The molecule has 2 rings (SSSR count). The standard InChI is InChI=1S/C14H19Br/c1-2-4-14(10-15)13-8-7-11-5-3-6-12(11)9-13/h7-9,14H,2-6,10H2,1H3. The number of benzene rings is 1. The summed E-state index contributed by atoms with van der Waals surface area (Å²) in [5.74, 6) is 0.709. The Morgan fingerprint density at radius 3 is 2.80 bits per heavy atom. The average Bonchev–Trinajstić information content (AvgIpc) is 2.72. The molecule has 0 nitrogen and oxygen atoms in total. The summed E-state index contributed by atoms with van der Waals surface area (Å²) in [6.45, 7) is 2.27. The minimum atomic E-state index is 0.709. The van der Waals surface area contributed by atoms with Crippen molar-refractivity contribution in [3.63, 3.8) is 0 Å². The molecular weight excluding hydrogens is 248 g/mol. The van der Waals surface area contributed by atoms with Gasteiger partial charge in [-0.15, -0.1) is 0 Å². The zero-order valence-corrected chi connectivity index (χ0v) is 11.0. The predicted octanol–water partition coefficient (Wildman–Crippen LogP) is 4.45. The zero-order chi connectivity index (χ0) is 10.7. The van der Waals surface area contributed by atoms with Crippen molar-refractivity contribution in [2.75, 3.05) is 5.33 Å². The monoisotopic (exact) mass is 266 g/mol. The normalized spacial score (nSPS) is 16.4. The molecular formula is C14H19Br. The summed E-state index contributed by atoms with van der Waals surface area (Å²) in [6, 6.07) is 7.14. The lowest BCUT2D eigenvalue weighted by Gasteiger charge is -2.14. The fourth-order valence-electron chi connectivity index (χ4n) is 2.53. The van der Waals surface area contributed by atoms with Gasteiger partial charge in [0.05, 0.1) is 0 Å². The van der Waals surface area contributed by atoms with Crippen molar-refractivity contribution >= 4 is 15.9 Å². The Kier molecular flexibility index (Phi) is 3.85. The van der Waals surface area contributed by atoms with E-state index in [2.05, 4.69) is 41.1 Å². The molecule has 15 heavy (non-hydrogen) atoms. The highest BCUT2D eigenvalue weighted by Crippen LogP contribution is 2.29. The third-order valence-corrected chi connectivity index (χ3v) is 4.20. The summed E-state index contributed by atoms with van der Waals surface area (Å²) in [5, 5.41) is 1.10. The van der Waals surface area contributed by atoms with E-state index in [-0.39, 0.29) is 0 Å². The number of rotatable bonds is 4. The molecule has 0 amide bonds. The molecule has 1 atom stereocenters. The molecule has 1 aromatic carbocycles. The van der Waals surface area contributed by atoms with E-state index in [1.807, 2.05) is 0 Å². The number of aryl methyl sites for hydroxylation is 2. The summed E-state index contributed by atoms with van der Waals surface area (Å²) in [5.41, 5.74) is 4.73. The molecule has 0 aromatic heterocycles. The van der Waals surface area contributed by atoms with Gasteiger partial charge in [-0.1, -0.05) is 47.5 Å². The molecule has 0 aliphatic heterocycles. The zero-order valence-electron chi connectivity index (χ0n) is 9.43. The van der Waals surface area contributed by atoms with Gasteiger partial charge in [0, 0.05) is 5.33 Å². The Bertz CT molecular complexity index is 330. The largest absolute Gasteiger partial charge is 0.0921 e. The Labute approximate surface area is 101 Å². The lowest BCUT2D eigenvalue weighted by atomic mass is 9.94. The summed E-state index contributed by atoms with van der Waals surface area (Å²) in [4.78, 5) is 0. The van der Waals surface area contributed by atoms with Crippen molar-refractivity contribution in [3.8, 4) is 0 Å². The molecule has 0 saturated heterocycles. The van der Waals surface area contributed by atoms with Crippen LogP contribution >= 0.6 is 15.9 Å². The van der Waals surface area contributed by atoms with Crippen LogP contribution in [0.5, 0.6) is 0 Å². The smallest absolute Gasteiger partial charge is 0.0100 e. The highest BCUT2D eigenvalue weighted by atomic mass is 79.9. The van der Waals surface area contributed by atoms with E-state index in [0.29, 0.717) is 5.92 Å². The van der Waals surface area contributed by atoms with Gasteiger partial charge in [-0.3, -0.25) is 0 Å². The highest BCUT2D eigenvalue weighted by Gasteiger charge is 2.14. The van der Waals surface area contributed by atoms with Crippen LogP contribution < -0.4 is 0 Å². The number of halogens is 1. The van der Waals surface area contributed by atoms with Gasteiger partial charge in [0.15, 0.2) is 0 Å². The summed E-state index contributed by atoms with van der Waals surface area (Å²) >= 11 is 3.63. The maximum absolute atomic E-state index is 3.63. The van der Waals surface area contributed by atoms with Crippen molar-refractivity contribution in [2.24, 2.45) is 0 Å². The minimum Gasteiger partial charge on any atom is -0.0921 e. The van der Waals surface area contributed by atoms with Crippen LogP contribution in [-0.2, 0) is 12.8 Å². The van der Waals surface area contributed by atoms with Gasteiger partial charge < -0.3 is 0 Å². The van der Waals surface area contributed by atoms with E-state index in [0.717, 1.165) is 5.33 Å². The first kappa shape index (κ1) is 11.2. The van der Waals surface area contributed by atoms with E-state index in [4.69, 9.17) is 0 Å². The topological polar surface area (TPSA) is 0 Å². The molecule has 0 N–H and O–H groups in total. The van der Waals surface area contributed by atoms with E-state index in [1.54, 1.807) is 11.1 Å². The fourth-order valence-corrected chi connectivity index (χ4v) is 3.22. The molecule has 0 bridgehead atoms. The number of fused-ring (bicyclic) bond motifs is 1. The van der Waals surface area contributed by atoms with Crippen LogP contribution in [0.15, 0.2) is 18.2 Å². The van der Waals surface area contributed by atoms with Crippen molar-refractivity contribution in [2.45, 2.75) is 44.9 Å². The molecule has 82 valence electrons. The summed E-state index contributed by atoms with van der Waals surface area (Å²) in [6.07, 6.45) is 6.51. The third-order valence-electron chi connectivity index (χ3n) is 3.42. The molecule has 0 fully saturated rings. The van der Waals surface area contributed by atoms with Gasteiger partial charge in [-0.25, -0.2) is 0 Å². The van der Waals surface area contributed by atoms with E-state index in [9.17, 15) is 0 Å². The van der Waals surface area contributed by atoms with Crippen LogP contribution in [0.3, 0.4) is 0 Å². The highest BCUT2D eigenvalue weighted by molar-refractivity contribution is 9.09. The van der Waals surface area contributed by atoms with E-state index >= 15 is 0 Å². The Morgan fingerprint density at radius 1 is 1.27 bits per heavy atom. The molecule has 1 aromatic rings. The molecule has 0 heterocycles. The average molecular weight is 267 g/mol. The van der Waals surface area contributed by atoms with Gasteiger partial charge in [0.2, 0.25) is 0 Å². The maximum Gasteiger partial charge on any atom is 0.0100 e. The Morgan fingerprint density at radius 2 is 2.07 bits per heavy atom. The van der Waals surface area contributed by atoms with E-state index in [1.165, 1.54) is 37.7 Å². The van der Waals surface area contributed by atoms with Crippen molar-refractivity contribution in [1.29, 1.82) is 0 Å². The second-order valence-electron chi connectivity index (χ2n) is 4.52. The molecule has 0 radical (unpaired) electrons. The second kappa shape index (κ2) is 5.16. The molecule has 1 aliphatic rings. The van der Waals surface area contributed by atoms with Crippen molar-refractivity contribution in [3.05, 3.63) is 34.9 Å². The number of hydrogen-bond donors (Lipinski definition) is 0. The van der Waals surface area contributed by atoms with Gasteiger partial charge in [0.25, 0.3) is 0 Å². The first-order chi connectivity index (χ1) is 7.35. The van der Waals surface area contributed by atoms with Crippen LogP contribution in [-0.4, -0.2) is 5.33 Å². The third kappa shape index (κ3) is 2.44. The van der Waals surface area contributed by atoms with Crippen LogP contribution in [0.25, 0.3) is 0 Å². The molecule has 0 spiro atoms. The second-order valence-corrected chi connectivity index (χ2v) is 5.17. The molecule has 0 saturated carbocycles. The summed E-state index contributed by atoms with van der Waals surface area (Å²) in [7, 11) is 0. The van der Waals surface area contributed by atoms with Gasteiger partial charge in [-0.2, -0.15) is 0 Å². The molecule has 1 heteroatoms. The van der Waals surface area contributed by atoms with Crippen LogP contribution in [0.1, 0.15) is 48.8 Å². The Hall–Kier alpha value is -0.300. The van der Waals surface area contributed by atoms with Gasteiger partial charge in [0.1, 0.15) is 0 Å². The first-order valence-electron chi connectivity index (χ1n) is 6.02. The van der Waals surface area contributed by atoms with Crippen LogP contribution in [0.2, 0.25) is 0 Å². The maximum atomic E-state index is 3.63. The minimum absolute atomic E-state index is 0.709. The van der Waals surface area contributed by atoms with Gasteiger partial charge in [-0.05, 0) is 48.3 Å². The van der Waals surface area contributed by atoms with Crippen LogP contribution in [0.4, 0.5) is 0 Å². The Balaban J connectivity index is 2.20. The van der Waals surface area contributed by atoms with Crippen molar-refractivity contribution in [1.82, 2.24) is 0 Å². The molecule has 1 aliphatic carbocycles. The SMILES string of the molecule is CCCC(CBr)c1ccc2c(c1)CCC2. The van der Waals surface area contributed by atoms with Crippen LogP contribution in [0, 0.1) is 0 Å².